The maximum Gasteiger partial charge on any atom is 0.0912 e. The summed E-state index contributed by atoms with van der Waals surface area (Å²) in [5, 5.41) is 11.2. The maximum absolute atomic E-state index is 9.96. The number of aromatic nitrogens is 1. The van der Waals surface area contributed by atoms with E-state index in [1.165, 1.54) is 34.1 Å². The zero-order chi connectivity index (χ0) is 12.9. The van der Waals surface area contributed by atoms with Crippen LogP contribution in [0.5, 0.6) is 0 Å². The molecule has 3 nitrogen and oxygen atoms in total. The van der Waals surface area contributed by atoms with Gasteiger partial charge in [0.1, 0.15) is 0 Å². The summed E-state index contributed by atoms with van der Waals surface area (Å²) in [4.78, 5) is 0. The maximum atomic E-state index is 9.96. The largest absolute Gasteiger partial charge is 0.387 e. The zero-order valence-electron chi connectivity index (χ0n) is 11.0. The topological polar surface area (TPSA) is 51.2 Å². The molecule has 3 rings (SSSR count). The third-order valence-electron chi connectivity index (χ3n) is 4.27. The predicted molar refractivity (Wildman–Crippen MR) is 73.7 cm³/mol. The van der Waals surface area contributed by atoms with Crippen LogP contribution in [-0.4, -0.2) is 16.2 Å². The Bertz CT molecular complexity index is 613. The van der Waals surface area contributed by atoms with Gasteiger partial charge in [-0.25, -0.2) is 0 Å². The summed E-state index contributed by atoms with van der Waals surface area (Å²) in [5.41, 5.74) is 11.9. The van der Waals surface area contributed by atoms with Gasteiger partial charge in [-0.3, -0.25) is 0 Å². The van der Waals surface area contributed by atoms with Crippen LogP contribution in [0, 0.1) is 13.8 Å². The van der Waals surface area contributed by atoms with Crippen molar-refractivity contribution in [2.45, 2.75) is 39.3 Å². The number of benzene rings is 1. The molecule has 1 aliphatic rings. The number of aliphatic hydroxyl groups is 1. The Balaban J connectivity index is 2.33. The number of hydrogen-bond acceptors (Lipinski definition) is 2. The fourth-order valence-electron chi connectivity index (χ4n) is 3.12. The minimum Gasteiger partial charge on any atom is -0.387 e. The van der Waals surface area contributed by atoms with Crippen LogP contribution in [0.1, 0.15) is 34.9 Å². The lowest BCUT2D eigenvalue weighted by atomic mass is 9.97. The van der Waals surface area contributed by atoms with E-state index in [9.17, 15) is 5.11 Å². The molecule has 18 heavy (non-hydrogen) atoms. The van der Waals surface area contributed by atoms with Crippen molar-refractivity contribution >= 4 is 10.9 Å². The standard InChI is InChI=1S/C15H20N2O/c1-9-10(2)17-5-3-4-11-6-12(14(18)8-16)7-13(9)15(11)17/h6-7,14,18H,3-5,8,16H2,1-2H3. The molecule has 3 heteroatoms. The molecular formula is C15H20N2O. The molecule has 0 fully saturated rings. The number of nitrogens with two attached hydrogens (primary N) is 1. The second-order valence-electron chi connectivity index (χ2n) is 5.29. The molecule has 2 aromatic rings. The Kier molecular flexibility index (Phi) is 2.68. The number of hydrogen-bond donors (Lipinski definition) is 2. The summed E-state index contributed by atoms with van der Waals surface area (Å²) in [6, 6.07) is 4.24. The Hall–Kier alpha value is -1.32. The number of rotatable bonds is 2. The first-order valence-electron chi connectivity index (χ1n) is 6.64. The first-order chi connectivity index (χ1) is 8.63. The third kappa shape index (κ3) is 1.51. The van der Waals surface area contributed by atoms with E-state index in [1.54, 1.807) is 0 Å². The van der Waals surface area contributed by atoms with Crippen LogP contribution in [0.4, 0.5) is 0 Å². The van der Waals surface area contributed by atoms with Gasteiger partial charge in [-0.1, -0.05) is 6.07 Å². The van der Waals surface area contributed by atoms with Gasteiger partial charge in [0.15, 0.2) is 0 Å². The van der Waals surface area contributed by atoms with Crippen LogP contribution in [0.15, 0.2) is 12.1 Å². The lowest BCUT2D eigenvalue weighted by molar-refractivity contribution is 0.187. The van der Waals surface area contributed by atoms with E-state index in [0.717, 1.165) is 18.5 Å². The summed E-state index contributed by atoms with van der Waals surface area (Å²) >= 11 is 0. The predicted octanol–water partition coefficient (Wildman–Crippen LogP) is 2.20. The lowest BCUT2D eigenvalue weighted by Crippen LogP contribution is -2.13. The zero-order valence-corrected chi connectivity index (χ0v) is 11.0. The Morgan fingerprint density at radius 3 is 2.89 bits per heavy atom. The molecule has 1 aromatic heterocycles. The van der Waals surface area contributed by atoms with Crippen LogP contribution in [0.2, 0.25) is 0 Å². The fraction of sp³-hybridized carbons (Fsp3) is 0.467. The smallest absolute Gasteiger partial charge is 0.0912 e. The van der Waals surface area contributed by atoms with Gasteiger partial charge in [0.2, 0.25) is 0 Å². The average molecular weight is 244 g/mol. The molecule has 1 unspecified atom stereocenters. The van der Waals surface area contributed by atoms with Gasteiger partial charge in [-0.15, -0.1) is 0 Å². The Labute approximate surface area is 107 Å². The summed E-state index contributed by atoms with van der Waals surface area (Å²) in [6.45, 7) is 5.75. The van der Waals surface area contributed by atoms with Gasteiger partial charge in [0.05, 0.1) is 11.6 Å². The van der Waals surface area contributed by atoms with Crippen molar-refractivity contribution in [3.05, 3.63) is 34.5 Å². The molecule has 1 aliphatic heterocycles. The highest BCUT2D eigenvalue weighted by Crippen LogP contribution is 2.34. The summed E-state index contributed by atoms with van der Waals surface area (Å²) in [6.07, 6.45) is 1.74. The van der Waals surface area contributed by atoms with Crippen LogP contribution in [0.3, 0.4) is 0 Å². The van der Waals surface area contributed by atoms with Gasteiger partial charge < -0.3 is 15.4 Å². The molecule has 1 atom stereocenters. The van der Waals surface area contributed by atoms with Crippen molar-refractivity contribution in [3.8, 4) is 0 Å². The van der Waals surface area contributed by atoms with E-state index in [1.807, 2.05) is 0 Å². The van der Waals surface area contributed by atoms with Gasteiger partial charge in [-0.05, 0) is 49.4 Å². The van der Waals surface area contributed by atoms with E-state index >= 15 is 0 Å². The average Bonchev–Trinajstić information content (AvgIpc) is 2.65. The van der Waals surface area contributed by atoms with E-state index in [-0.39, 0.29) is 6.54 Å². The van der Waals surface area contributed by atoms with Crippen molar-refractivity contribution in [3.63, 3.8) is 0 Å². The SMILES string of the molecule is Cc1c(C)n2c3c(cc(C(O)CN)cc13)CCC2. The molecule has 0 aliphatic carbocycles. The number of aryl methyl sites for hydroxylation is 3. The van der Waals surface area contributed by atoms with E-state index in [0.29, 0.717) is 0 Å². The quantitative estimate of drug-likeness (QED) is 0.851. The van der Waals surface area contributed by atoms with Gasteiger partial charge in [0, 0.05) is 24.2 Å². The number of nitrogens with zero attached hydrogens (tertiary/aromatic N) is 1. The second-order valence-corrected chi connectivity index (χ2v) is 5.29. The summed E-state index contributed by atoms with van der Waals surface area (Å²) < 4.78 is 2.42. The molecule has 0 saturated carbocycles. The lowest BCUT2D eigenvalue weighted by Gasteiger charge is -2.19. The number of aliphatic hydroxyl groups excluding tert-OH is 1. The normalized spacial score (nSPS) is 16.2. The molecule has 96 valence electrons. The molecule has 0 bridgehead atoms. The molecule has 0 radical (unpaired) electrons. The summed E-state index contributed by atoms with van der Waals surface area (Å²) in [5.74, 6) is 0. The van der Waals surface area contributed by atoms with E-state index in [2.05, 4.69) is 30.5 Å². The molecule has 0 saturated heterocycles. The molecule has 1 aromatic carbocycles. The first kappa shape index (κ1) is 11.8. The van der Waals surface area contributed by atoms with Gasteiger partial charge in [-0.2, -0.15) is 0 Å². The van der Waals surface area contributed by atoms with E-state index < -0.39 is 6.10 Å². The van der Waals surface area contributed by atoms with Crippen molar-refractivity contribution < 1.29 is 5.11 Å². The van der Waals surface area contributed by atoms with Crippen LogP contribution in [0.25, 0.3) is 10.9 Å². The highest BCUT2D eigenvalue weighted by Gasteiger charge is 2.20. The molecule has 0 spiro atoms. The van der Waals surface area contributed by atoms with Crippen LogP contribution >= 0.6 is 0 Å². The van der Waals surface area contributed by atoms with Crippen molar-refractivity contribution in [1.29, 1.82) is 0 Å². The van der Waals surface area contributed by atoms with Crippen LogP contribution < -0.4 is 5.73 Å². The monoisotopic (exact) mass is 244 g/mol. The summed E-state index contributed by atoms with van der Waals surface area (Å²) in [7, 11) is 0. The molecule has 2 heterocycles. The minimum atomic E-state index is -0.546. The molecular weight excluding hydrogens is 224 g/mol. The molecule has 3 N–H and O–H groups in total. The second kappa shape index (κ2) is 4.11. The van der Waals surface area contributed by atoms with Crippen molar-refractivity contribution in [2.75, 3.05) is 6.54 Å². The van der Waals surface area contributed by atoms with Gasteiger partial charge in [0.25, 0.3) is 0 Å². The van der Waals surface area contributed by atoms with Crippen molar-refractivity contribution in [1.82, 2.24) is 4.57 Å². The molecule has 0 amide bonds. The minimum absolute atomic E-state index is 0.281. The highest BCUT2D eigenvalue weighted by atomic mass is 16.3. The third-order valence-corrected chi connectivity index (χ3v) is 4.27. The Morgan fingerprint density at radius 1 is 1.39 bits per heavy atom. The van der Waals surface area contributed by atoms with E-state index in [4.69, 9.17) is 5.73 Å². The first-order valence-corrected chi connectivity index (χ1v) is 6.64. The van der Waals surface area contributed by atoms with Gasteiger partial charge >= 0.3 is 0 Å². The van der Waals surface area contributed by atoms with Crippen LogP contribution in [-0.2, 0) is 13.0 Å². The Morgan fingerprint density at radius 2 is 2.17 bits per heavy atom. The highest BCUT2D eigenvalue weighted by molar-refractivity contribution is 5.89. The fourth-order valence-corrected chi connectivity index (χ4v) is 3.12. The van der Waals surface area contributed by atoms with Crippen molar-refractivity contribution in [2.24, 2.45) is 5.73 Å².